The predicted molar refractivity (Wildman–Crippen MR) is 83.0 cm³/mol. The zero-order valence-electron chi connectivity index (χ0n) is 12.6. The summed E-state index contributed by atoms with van der Waals surface area (Å²) >= 11 is 1.31. The van der Waals surface area contributed by atoms with Crippen LogP contribution in [0, 0.1) is 13.8 Å². The van der Waals surface area contributed by atoms with Crippen LogP contribution in [0.3, 0.4) is 0 Å². The van der Waals surface area contributed by atoms with Gasteiger partial charge in [0.25, 0.3) is 0 Å². The fourth-order valence-corrected chi connectivity index (χ4v) is 3.13. The second-order valence-corrected chi connectivity index (χ2v) is 5.81. The average molecular weight is 309 g/mol. The number of aliphatic hydroxyl groups excluding tert-OH is 1. The maximum atomic E-state index is 12.0. The number of nitrogens with one attached hydrogen (secondary N) is 1. The van der Waals surface area contributed by atoms with E-state index in [1.165, 1.54) is 11.3 Å². The average Bonchev–Trinajstić information content (AvgIpc) is 2.73. The molecule has 1 atom stereocenters. The van der Waals surface area contributed by atoms with Crippen molar-refractivity contribution in [3.63, 3.8) is 0 Å². The summed E-state index contributed by atoms with van der Waals surface area (Å²) in [5, 5.41) is 13.3. The van der Waals surface area contributed by atoms with Crippen molar-refractivity contribution in [2.75, 3.05) is 18.5 Å². The number of anilines is 1. The summed E-state index contributed by atoms with van der Waals surface area (Å²) in [6.45, 7) is 7.85. The first kappa shape index (κ1) is 15.7. The molecule has 0 bridgehead atoms. The van der Waals surface area contributed by atoms with Crippen molar-refractivity contribution in [2.45, 2.75) is 33.8 Å². The van der Waals surface area contributed by atoms with Gasteiger partial charge in [-0.3, -0.25) is 0 Å². The molecule has 0 amide bonds. The molecule has 2 heterocycles. The number of fused-ring (bicyclic) bond motifs is 1. The summed E-state index contributed by atoms with van der Waals surface area (Å²) in [5.74, 6) is 0.923. The Kier molecular flexibility index (Phi) is 4.74. The number of nitrogens with zero attached hydrogens (tertiary/aromatic N) is 2. The fraction of sp³-hybridized carbons (Fsp3) is 0.500. The van der Waals surface area contributed by atoms with Crippen molar-refractivity contribution in [1.82, 2.24) is 9.97 Å². The molecule has 7 heteroatoms. The summed E-state index contributed by atoms with van der Waals surface area (Å²) in [5.41, 5.74) is 0.807. The van der Waals surface area contributed by atoms with Gasteiger partial charge in [0.1, 0.15) is 21.3 Å². The lowest BCUT2D eigenvalue weighted by Crippen LogP contribution is -2.16. The van der Waals surface area contributed by atoms with Crippen LogP contribution in [0.1, 0.15) is 34.9 Å². The van der Waals surface area contributed by atoms with Gasteiger partial charge in [0, 0.05) is 6.54 Å². The molecule has 6 nitrogen and oxygen atoms in total. The predicted octanol–water partition coefficient (Wildman–Crippen LogP) is 2.28. The lowest BCUT2D eigenvalue weighted by Gasteiger charge is -2.10. The molecule has 0 spiro atoms. The summed E-state index contributed by atoms with van der Waals surface area (Å²) in [6, 6.07) is 0. The summed E-state index contributed by atoms with van der Waals surface area (Å²) in [6.07, 6.45) is -0.487. The van der Waals surface area contributed by atoms with Gasteiger partial charge in [-0.2, -0.15) is 0 Å². The van der Waals surface area contributed by atoms with Crippen molar-refractivity contribution in [3.8, 4) is 0 Å². The van der Waals surface area contributed by atoms with Gasteiger partial charge in [0.15, 0.2) is 0 Å². The molecule has 2 aromatic heterocycles. The molecule has 0 aliphatic heterocycles. The molecular weight excluding hydrogens is 290 g/mol. The largest absolute Gasteiger partial charge is 0.462 e. The lowest BCUT2D eigenvalue weighted by molar-refractivity contribution is 0.0531. The third-order valence-corrected chi connectivity index (χ3v) is 4.09. The van der Waals surface area contributed by atoms with Crippen LogP contribution in [0.15, 0.2) is 0 Å². The monoisotopic (exact) mass is 309 g/mol. The van der Waals surface area contributed by atoms with E-state index in [4.69, 9.17) is 4.74 Å². The number of rotatable bonds is 5. The van der Waals surface area contributed by atoms with E-state index in [1.807, 2.05) is 6.92 Å². The molecule has 2 N–H and O–H groups in total. The van der Waals surface area contributed by atoms with E-state index in [-0.39, 0.29) is 5.97 Å². The molecule has 0 fully saturated rings. The highest BCUT2D eigenvalue weighted by atomic mass is 32.1. The number of thiophene rings is 1. The molecule has 0 saturated carbocycles. The van der Waals surface area contributed by atoms with Crippen LogP contribution >= 0.6 is 11.3 Å². The molecule has 0 aliphatic rings. The zero-order chi connectivity index (χ0) is 15.6. The Balaban J connectivity index is 2.51. The van der Waals surface area contributed by atoms with Crippen molar-refractivity contribution >= 4 is 33.3 Å². The molecule has 21 heavy (non-hydrogen) atoms. The topological polar surface area (TPSA) is 84.3 Å². The van der Waals surface area contributed by atoms with Crippen molar-refractivity contribution in [3.05, 3.63) is 16.3 Å². The molecular formula is C14H19N3O3S. The van der Waals surface area contributed by atoms with Crippen LogP contribution in [0.5, 0.6) is 0 Å². The van der Waals surface area contributed by atoms with Gasteiger partial charge >= 0.3 is 5.97 Å². The smallest absolute Gasteiger partial charge is 0.348 e. The maximum absolute atomic E-state index is 12.0. The van der Waals surface area contributed by atoms with Crippen LogP contribution in [-0.2, 0) is 4.74 Å². The van der Waals surface area contributed by atoms with Crippen LogP contribution in [0.25, 0.3) is 10.2 Å². The van der Waals surface area contributed by atoms with Crippen LogP contribution < -0.4 is 5.32 Å². The van der Waals surface area contributed by atoms with Gasteiger partial charge in [0.2, 0.25) is 0 Å². The van der Waals surface area contributed by atoms with Crippen molar-refractivity contribution < 1.29 is 14.6 Å². The molecule has 0 radical (unpaired) electrons. The Morgan fingerprint density at radius 3 is 2.76 bits per heavy atom. The Labute approximate surface area is 127 Å². The maximum Gasteiger partial charge on any atom is 0.348 e. The number of hydrogen-bond acceptors (Lipinski definition) is 7. The Morgan fingerprint density at radius 1 is 1.43 bits per heavy atom. The standard InChI is InChI=1S/C14H19N3O3S/c1-5-20-14(19)11-8(3)10-12(15-6-7(2)18)16-9(4)17-13(10)21-11/h7,18H,5-6H2,1-4H3,(H,15,16,17)/t7-/m1/s1. The summed E-state index contributed by atoms with van der Waals surface area (Å²) < 4.78 is 5.07. The van der Waals surface area contributed by atoms with Crippen LogP contribution in [-0.4, -0.2) is 40.3 Å². The second kappa shape index (κ2) is 6.36. The van der Waals surface area contributed by atoms with Crippen LogP contribution in [0.4, 0.5) is 5.82 Å². The Morgan fingerprint density at radius 2 is 2.14 bits per heavy atom. The quantitative estimate of drug-likeness (QED) is 0.824. The van der Waals surface area contributed by atoms with Gasteiger partial charge < -0.3 is 15.2 Å². The number of hydrogen-bond donors (Lipinski definition) is 2. The van der Waals surface area contributed by atoms with E-state index in [0.717, 1.165) is 15.8 Å². The molecule has 2 rings (SSSR count). The molecule has 0 aliphatic carbocycles. The number of aromatic nitrogens is 2. The van der Waals surface area contributed by atoms with Gasteiger partial charge in [-0.15, -0.1) is 11.3 Å². The van der Waals surface area contributed by atoms with Gasteiger partial charge in [-0.25, -0.2) is 14.8 Å². The molecule has 2 aromatic rings. The first-order valence-electron chi connectivity index (χ1n) is 6.80. The number of aliphatic hydroxyl groups is 1. The third kappa shape index (κ3) is 3.30. The first-order valence-corrected chi connectivity index (χ1v) is 7.62. The highest BCUT2D eigenvalue weighted by Crippen LogP contribution is 2.34. The zero-order valence-corrected chi connectivity index (χ0v) is 13.4. The minimum absolute atomic E-state index is 0.336. The number of esters is 1. The van der Waals surface area contributed by atoms with E-state index in [2.05, 4.69) is 15.3 Å². The first-order chi connectivity index (χ1) is 9.93. The number of ether oxygens (including phenoxy) is 1. The fourth-order valence-electron chi connectivity index (χ4n) is 2.01. The molecule has 114 valence electrons. The molecule has 0 unspecified atom stereocenters. The van der Waals surface area contributed by atoms with E-state index in [9.17, 15) is 9.90 Å². The Hall–Kier alpha value is -1.73. The van der Waals surface area contributed by atoms with E-state index in [0.29, 0.717) is 29.7 Å². The lowest BCUT2D eigenvalue weighted by atomic mass is 10.2. The summed E-state index contributed by atoms with van der Waals surface area (Å²) in [4.78, 5) is 22.0. The van der Waals surface area contributed by atoms with Gasteiger partial charge in [-0.1, -0.05) is 0 Å². The van der Waals surface area contributed by atoms with Crippen LogP contribution in [0.2, 0.25) is 0 Å². The molecule has 0 saturated heterocycles. The minimum atomic E-state index is -0.487. The second-order valence-electron chi connectivity index (χ2n) is 4.81. The van der Waals surface area contributed by atoms with E-state index in [1.54, 1.807) is 20.8 Å². The van der Waals surface area contributed by atoms with Gasteiger partial charge in [-0.05, 0) is 33.3 Å². The minimum Gasteiger partial charge on any atom is -0.462 e. The molecule has 0 aromatic carbocycles. The highest BCUT2D eigenvalue weighted by Gasteiger charge is 2.20. The van der Waals surface area contributed by atoms with E-state index >= 15 is 0 Å². The Bertz CT molecular complexity index is 667. The van der Waals surface area contributed by atoms with E-state index < -0.39 is 6.10 Å². The van der Waals surface area contributed by atoms with Crippen molar-refractivity contribution in [2.24, 2.45) is 0 Å². The number of carbonyl (C=O) groups excluding carboxylic acids is 1. The van der Waals surface area contributed by atoms with Gasteiger partial charge in [0.05, 0.1) is 18.1 Å². The summed E-state index contributed by atoms with van der Waals surface area (Å²) in [7, 11) is 0. The number of aryl methyl sites for hydroxylation is 2. The third-order valence-electron chi connectivity index (χ3n) is 2.93. The normalized spacial score (nSPS) is 12.4. The van der Waals surface area contributed by atoms with Crippen molar-refractivity contribution in [1.29, 1.82) is 0 Å². The highest BCUT2D eigenvalue weighted by molar-refractivity contribution is 7.20. The number of carbonyl (C=O) groups is 1. The SMILES string of the molecule is CCOC(=O)c1sc2nc(C)nc(NC[C@@H](C)O)c2c1C.